The lowest BCUT2D eigenvalue weighted by Crippen LogP contribution is -2.27. The summed E-state index contributed by atoms with van der Waals surface area (Å²) in [5, 5.41) is 15.9. The molecule has 200 valence electrons. The highest BCUT2D eigenvalue weighted by Crippen LogP contribution is 2.37. The largest absolute Gasteiger partial charge is 0.323 e. The minimum absolute atomic E-state index is 1.21. The van der Waals surface area contributed by atoms with Gasteiger partial charge < -0.3 is 9.80 Å². The third kappa shape index (κ3) is 3.27. The fraction of sp³-hybridized carbons (Fsp3) is 0.100. The van der Waals surface area contributed by atoms with Gasteiger partial charge in [0.25, 0.3) is 0 Å². The van der Waals surface area contributed by atoms with Crippen molar-refractivity contribution < 1.29 is 0 Å². The van der Waals surface area contributed by atoms with E-state index in [9.17, 15) is 0 Å². The highest BCUT2D eigenvalue weighted by atomic mass is 15.1. The Morgan fingerprint density at radius 2 is 0.619 bits per heavy atom. The monoisotopic (exact) mass is 538 g/mol. The molecule has 2 aliphatic rings. The number of hydrogen-bond acceptors (Lipinski definition) is 2. The zero-order valence-corrected chi connectivity index (χ0v) is 24.3. The van der Waals surface area contributed by atoms with Crippen LogP contribution in [0.25, 0.3) is 67.9 Å². The number of fused-ring (bicyclic) bond motifs is 2. The second-order valence-corrected chi connectivity index (χ2v) is 12.3. The lowest BCUT2D eigenvalue weighted by atomic mass is 9.87. The SMILES string of the molecule is Cc1cc(C)cc(N2C=c3ccc4c5ccc6c7c(ccc(c8ccc(c3c48)=C2)c75)=CN(c2cc(C)cc(C)c2)C=6)c1. The van der Waals surface area contributed by atoms with E-state index < -0.39 is 0 Å². The first-order valence-corrected chi connectivity index (χ1v) is 14.7. The lowest BCUT2D eigenvalue weighted by molar-refractivity contribution is 1.32. The maximum Gasteiger partial charge on any atom is 0.0455 e. The zero-order valence-electron chi connectivity index (χ0n) is 24.3. The number of benzene rings is 7. The van der Waals surface area contributed by atoms with Crippen LogP contribution in [0.4, 0.5) is 11.4 Å². The second-order valence-electron chi connectivity index (χ2n) is 12.3. The molecule has 0 amide bonds. The van der Waals surface area contributed by atoms with E-state index in [1.807, 2.05) is 0 Å². The molecule has 7 aromatic carbocycles. The summed E-state index contributed by atoms with van der Waals surface area (Å²) in [4.78, 5) is 4.57. The van der Waals surface area contributed by atoms with Crippen molar-refractivity contribution in [2.45, 2.75) is 27.7 Å². The van der Waals surface area contributed by atoms with Crippen LogP contribution < -0.4 is 30.7 Å². The van der Waals surface area contributed by atoms with Crippen LogP contribution in [0.1, 0.15) is 22.3 Å². The second kappa shape index (κ2) is 8.24. The van der Waals surface area contributed by atoms with E-state index in [1.165, 1.54) is 97.6 Å². The van der Waals surface area contributed by atoms with Gasteiger partial charge in [0.1, 0.15) is 0 Å². The first-order valence-electron chi connectivity index (χ1n) is 14.7. The van der Waals surface area contributed by atoms with E-state index in [2.05, 4.69) is 147 Å². The summed E-state index contributed by atoms with van der Waals surface area (Å²) in [5.74, 6) is 0. The molecule has 42 heavy (non-hydrogen) atoms. The van der Waals surface area contributed by atoms with Crippen LogP contribution in [0.2, 0.25) is 0 Å². The Balaban J connectivity index is 1.32. The maximum absolute atomic E-state index is 2.34. The highest BCUT2D eigenvalue weighted by molar-refractivity contribution is 6.33. The molecule has 0 fully saturated rings. The molecular formula is C40H30N2. The van der Waals surface area contributed by atoms with Crippen LogP contribution >= 0.6 is 0 Å². The molecule has 0 aromatic heterocycles. The fourth-order valence-corrected chi connectivity index (χ4v) is 7.60. The van der Waals surface area contributed by atoms with Crippen molar-refractivity contribution in [3.63, 3.8) is 0 Å². The summed E-state index contributed by atoms with van der Waals surface area (Å²) < 4.78 is 0. The Bertz CT molecular complexity index is 2230. The van der Waals surface area contributed by atoms with Crippen LogP contribution in [0.5, 0.6) is 0 Å². The van der Waals surface area contributed by atoms with E-state index in [4.69, 9.17) is 0 Å². The predicted octanol–water partition coefficient (Wildman–Crippen LogP) is 6.96. The Hall–Kier alpha value is -5.08. The molecule has 7 aromatic rings. The molecule has 0 radical (unpaired) electrons. The third-order valence-corrected chi connectivity index (χ3v) is 9.15. The smallest absolute Gasteiger partial charge is 0.0455 e. The summed E-state index contributed by atoms with van der Waals surface area (Å²) in [6.07, 6.45) is 9.19. The standard InChI is InChI=1S/C40H30N2/c1-23-13-24(2)16-31(15-23)41-19-27-5-9-33-35-11-7-29-21-42(32-17-25(3)14-26(4)18-32)22-30-8-12-36(40(35)38(29)30)34-10-6-28(20-41)37(27)39(33)34/h5-22H,1-4H3. The van der Waals surface area contributed by atoms with E-state index >= 15 is 0 Å². The normalized spacial score (nSPS) is 13.9. The van der Waals surface area contributed by atoms with Crippen molar-refractivity contribution in [2.24, 2.45) is 0 Å². The van der Waals surface area contributed by atoms with Gasteiger partial charge in [-0.25, -0.2) is 0 Å². The van der Waals surface area contributed by atoms with Crippen molar-refractivity contribution in [3.05, 3.63) is 128 Å². The van der Waals surface area contributed by atoms with Crippen molar-refractivity contribution >= 4 is 79.3 Å². The van der Waals surface area contributed by atoms with Crippen molar-refractivity contribution in [3.8, 4) is 0 Å². The summed E-state index contributed by atoms with van der Waals surface area (Å²) in [5.41, 5.74) is 7.55. The van der Waals surface area contributed by atoms with Gasteiger partial charge in [0.15, 0.2) is 0 Å². The van der Waals surface area contributed by atoms with Gasteiger partial charge in [0.2, 0.25) is 0 Å². The molecule has 0 bridgehead atoms. The topological polar surface area (TPSA) is 6.48 Å². The molecular weight excluding hydrogens is 508 g/mol. The fourth-order valence-electron chi connectivity index (χ4n) is 7.60. The molecule has 0 saturated carbocycles. The van der Waals surface area contributed by atoms with E-state index in [-0.39, 0.29) is 0 Å². The average molecular weight is 539 g/mol. The number of hydrogen-bond donors (Lipinski definition) is 0. The molecule has 2 heteroatoms. The highest BCUT2D eigenvalue weighted by Gasteiger charge is 2.19. The van der Waals surface area contributed by atoms with Crippen LogP contribution in [-0.2, 0) is 0 Å². The van der Waals surface area contributed by atoms with E-state index in [0.717, 1.165) is 0 Å². The molecule has 2 heterocycles. The predicted molar refractivity (Wildman–Crippen MR) is 181 cm³/mol. The Morgan fingerprint density at radius 3 is 0.905 bits per heavy atom. The van der Waals surface area contributed by atoms with Crippen LogP contribution in [0, 0.1) is 27.7 Å². The zero-order chi connectivity index (χ0) is 28.3. The molecule has 2 nitrogen and oxygen atoms in total. The summed E-state index contributed by atoms with van der Waals surface area (Å²) in [6, 6.07) is 32.2. The molecule has 9 rings (SSSR count). The van der Waals surface area contributed by atoms with Gasteiger partial charge in [-0.05, 0) is 127 Å². The van der Waals surface area contributed by atoms with E-state index in [1.54, 1.807) is 0 Å². The van der Waals surface area contributed by atoms with Gasteiger partial charge in [0.05, 0.1) is 0 Å². The van der Waals surface area contributed by atoms with Crippen molar-refractivity contribution in [1.29, 1.82) is 0 Å². The molecule has 0 aliphatic carbocycles. The molecule has 2 aliphatic heterocycles. The van der Waals surface area contributed by atoms with Gasteiger partial charge in [-0.3, -0.25) is 0 Å². The quantitative estimate of drug-likeness (QED) is 0.173. The van der Waals surface area contributed by atoms with Crippen LogP contribution in [0.3, 0.4) is 0 Å². The first kappa shape index (κ1) is 23.6. The number of anilines is 2. The Labute approximate surface area is 244 Å². The lowest BCUT2D eigenvalue weighted by Gasteiger charge is -2.24. The van der Waals surface area contributed by atoms with Crippen molar-refractivity contribution in [2.75, 3.05) is 9.80 Å². The maximum atomic E-state index is 2.34. The molecule has 0 N–H and O–H groups in total. The first-order chi connectivity index (χ1) is 20.4. The number of aryl methyl sites for hydroxylation is 4. The average Bonchev–Trinajstić information content (AvgIpc) is 2.97. The summed E-state index contributed by atoms with van der Waals surface area (Å²) in [6.45, 7) is 8.68. The molecule has 0 saturated heterocycles. The van der Waals surface area contributed by atoms with Crippen molar-refractivity contribution in [1.82, 2.24) is 0 Å². The minimum Gasteiger partial charge on any atom is -0.323 e. The van der Waals surface area contributed by atoms with Crippen LogP contribution in [-0.4, -0.2) is 0 Å². The van der Waals surface area contributed by atoms with Gasteiger partial charge in [-0.2, -0.15) is 0 Å². The molecule has 0 unspecified atom stereocenters. The minimum atomic E-state index is 1.21. The third-order valence-electron chi connectivity index (χ3n) is 9.15. The molecule has 0 spiro atoms. The van der Waals surface area contributed by atoms with Crippen LogP contribution in [0.15, 0.2) is 84.9 Å². The van der Waals surface area contributed by atoms with Gasteiger partial charge in [-0.1, -0.05) is 60.7 Å². The Morgan fingerprint density at radius 1 is 0.333 bits per heavy atom. The Kier molecular flexibility index (Phi) is 4.63. The number of rotatable bonds is 2. The van der Waals surface area contributed by atoms with E-state index in [0.29, 0.717) is 0 Å². The van der Waals surface area contributed by atoms with Gasteiger partial charge in [0, 0.05) is 46.9 Å². The number of nitrogens with zero attached hydrogens (tertiary/aromatic N) is 2. The van der Waals surface area contributed by atoms with Gasteiger partial charge >= 0.3 is 0 Å². The summed E-state index contributed by atoms with van der Waals surface area (Å²) in [7, 11) is 0. The van der Waals surface area contributed by atoms with Gasteiger partial charge in [-0.15, -0.1) is 0 Å². The molecule has 0 atom stereocenters. The summed E-state index contributed by atoms with van der Waals surface area (Å²) >= 11 is 0.